The second-order valence-corrected chi connectivity index (χ2v) is 12.6. The van der Waals surface area contributed by atoms with E-state index in [4.69, 9.17) is 4.52 Å². The van der Waals surface area contributed by atoms with Gasteiger partial charge in [-0.2, -0.15) is 0 Å². The van der Waals surface area contributed by atoms with Crippen molar-refractivity contribution in [1.29, 1.82) is 0 Å². The molecule has 6 heteroatoms. The van der Waals surface area contributed by atoms with Gasteiger partial charge >= 0.3 is 0 Å². The van der Waals surface area contributed by atoms with E-state index < -0.39 is 23.1 Å². The van der Waals surface area contributed by atoms with Gasteiger partial charge in [0.15, 0.2) is 0 Å². The molecule has 0 spiro atoms. The van der Waals surface area contributed by atoms with Crippen molar-refractivity contribution in [2.45, 2.75) is 31.6 Å². The standard InChI is InChI=1S/C23H28NO3PS/c1-23(2,3)29(26)24-22(17-28(25,27-4)21-12-6-5-7-13-21)20-15-14-18-10-8-9-11-19(18)16-20/h5-16,22,24H,17H2,1-4H3/t22-,28?,29?/m1/s1. The zero-order valence-corrected chi connectivity index (χ0v) is 19.0. The fourth-order valence-electron chi connectivity index (χ4n) is 3.12. The van der Waals surface area contributed by atoms with E-state index in [0.717, 1.165) is 16.3 Å². The Kier molecular flexibility index (Phi) is 6.75. The highest BCUT2D eigenvalue weighted by Gasteiger charge is 2.32. The molecule has 0 aliphatic carbocycles. The molecule has 3 atom stereocenters. The number of fused-ring (bicyclic) bond motifs is 1. The van der Waals surface area contributed by atoms with Gasteiger partial charge < -0.3 is 4.52 Å². The molecule has 0 amide bonds. The molecule has 0 fully saturated rings. The van der Waals surface area contributed by atoms with E-state index in [1.807, 2.05) is 81.4 Å². The van der Waals surface area contributed by atoms with Crippen molar-refractivity contribution in [3.05, 3.63) is 78.4 Å². The van der Waals surface area contributed by atoms with Crippen molar-refractivity contribution in [1.82, 2.24) is 4.72 Å². The smallest absolute Gasteiger partial charge is 0.233 e. The summed E-state index contributed by atoms with van der Waals surface area (Å²) in [6.45, 7) is 5.75. The minimum Gasteiger partial charge on any atom is -0.329 e. The second kappa shape index (κ2) is 8.93. The van der Waals surface area contributed by atoms with Gasteiger partial charge in [0, 0.05) is 18.6 Å². The summed E-state index contributed by atoms with van der Waals surface area (Å²) in [6, 6.07) is 23.1. The van der Waals surface area contributed by atoms with E-state index >= 15 is 0 Å². The highest BCUT2D eigenvalue weighted by Crippen LogP contribution is 2.48. The molecule has 0 aliphatic heterocycles. The van der Waals surface area contributed by atoms with E-state index in [1.165, 1.54) is 7.11 Å². The van der Waals surface area contributed by atoms with Crippen molar-refractivity contribution in [2.75, 3.05) is 13.3 Å². The van der Waals surface area contributed by atoms with Gasteiger partial charge in [-0.25, -0.2) is 8.93 Å². The van der Waals surface area contributed by atoms with Gasteiger partial charge in [0.25, 0.3) is 0 Å². The van der Waals surface area contributed by atoms with Crippen LogP contribution in [0.1, 0.15) is 32.4 Å². The zero-order valence-electron chi connectivity index (χ0n) is 17.3. The summed E-state index contributed by atoms with van der Waals surface area (Å²) in [6.07, 6.45) is 0.216. The molecule has 154 valence electrons. The molecule has 0 saturated carbocycles. The molecule has 29 heavy (non-hydrogen) atoms. The molecule has 0 aromatic heterocycles. The molecule has 2 unspecified atom stereocenters. The van der Waals surface area contributed by atoms with Crippen LogP contribution in [0.2, 0.25) is 0 Å². The van der Waals surface area contributed by atoms with Crippen molar-refractivity contribution in [2.24, 2.45) is 0 Å². The highest BCUT2D eigenvalue weighted by atomic mass is 32.2. The largest absolute Gasteiger partial charge is 0.329 e. The predicted molar refractivity (Wildman–Crippen MR) is 123 cm³/mol. The third-order valence-corrected chi connectivity index (χ3v) is 8.98. The van der Waals surface area contributed by atoms with Crippen molar-refractivity contribution in [3.8, 4) is 0 Å². The van der Waals surface area contributed by atoms with Crippen LogP contribution in [0.5, 0.6) is 0 Å². The number of nitrogens with one attached hydrogen (secondary N) is 1. The monoisotopic (exact) mass is 429 g/mol. The molecule has 0 saturated heterocycles. The Balaban J connectivity index is 2.02. The first kappa shape index (κ1) is 21.9. The zero-order chi connectivity index (χ0) is 21.1. The van der Waals surface area contributed by atoms with Gasteiger partial charge in [-0.1, -0.05) is 54.6 Å². The molecule has 3 aromatic carbocycles. The SMILES string of the molecule is COP(=O)(C[C@@H](NS(=O)C(C)(C)C)c1ccc2ccccc2c1)c1ccccc1. The summed E-state index contributed by atoms with van der Waals surface area (Å²) in [4.78, 5) is 0. The highest BCUT2D eigenvalue weighted by molar-refractivity contribution is 7.84. The Bertz CT molecular complexity index is 1050. The van der Waals surface area contributed by atoms with Gasteiger partial charge in [-0.05, 0) is 55.3 Å². The van der Waals surface area contributed by atoms with Gasteiger partial charge in [0.1, 0.15) is 0 Å². The van der Waals surface area contributed by atoms with Crippen LogP contribution < -0.4 is 10.0 Å². The average Bonchev–Trinajstić information content (AvgIpc) is 2.72. The first-order valence-electron chi connectivity index (χ1n) is 9.60. The van der Waals surface area contributed by atoms with Crippen molar-refractivity contribution >= 4 is 34.4 Å². The fourth-order valence-corrected chi connectivity index (χ4v) is 6.06. The minimum atomic E-state index is -3.14. The lowest BCUT2D eigenvalue weighted by molar-refractivity contribution is 0.398. The molecule has 3 aromatic rings. The van der Waals surface area contributed by atoms with E-state index in [0.29, 0.717) is 5.30 Å². The van der Waals surface area contributed by atoms with Crippen LogP contribution >= 0.6 is 7.37 Å². The van der Waals surface area contributed by atoms with Gasteiger partial charge in [0.2, 0.25) is 7.37 Å². The second-order valence-electron chi connectivity index (χ2n) is 8.03. The van der Waals surface area contributed by atoms with Crippen LogP contribution in [0.25, 0.3) is 10.8 Å². The normalized spacial score (nSPS) is 16.3. The van der Waals surface area contributed by atoms with Crippen molar-refractivity contribution in [3.63, 3.8) is 0 Å². The maximum atomic E-state index is 13.7. The van der Waals surface area contributed by atoms with Crippen LogP contribution in [-0.4, -0.2) is 22.2 Å². The number of hydrogen-bond donors (Lipinski definition) is 1. The van der Waals surface area contributed by atoms with E-state index in [-0.39, 0.29) is 12.2 Å². The van der Waals surface area contributed by atoms with E-state index in [9.17, 15) is 8.77 Å². The maximum Gasteiger partial charge on any atom is 0.233 e. The summed E-state index contributed by atoms with van der Waals surface area (Å²) >= 11 is 0. The fraction of sp³-hybridized carbons (Fsp3) is 0.304. The molecule has 0 radical (unpaired) electrons. The minimum absolute atomic E-state index is 0.216. The van der Waals surface area contributed by atoms with Gasteiger partial charge in [-0.3, -0.25) is 4.57 Å². The summed E-state index contributed by atoms with van der Waals surface area (Å²) in [7, 11) is -2.98. The van der Waals surface area contributed by atoms with Crippen LogP contribution in [0.4, 0.5) is 0 Å². The lowest BCUT2D eigenvalue weighted by atomic mass is 10.0. The van der Waals surface area contributed by atoms with E-state index in [2.05, 4.69) is 16.9 Å². The Labute approximate surface area is 175 Å². The first-order valence-corrected chi connectivity index (χ1v) is 12.6. The lowest BCUT2D eigenvalue weighted by Gasteiger charge is -2.27. The molecule has 0 heterocycles. The number of benzene rings is 3. The quantitative estimate of drug-likeness (QED) is 0.527. The lowest BCUT2D eigenvalue weighted by Crippen LogP contribution is -2.37. The maximum absolute atomic E-state index is 13.7. The Hall–Kier alpha value is -1.78. The molecule has 0 bridgehead atoms. The van der Waals surface area contributed by atoms with Crippen LogP contribution in [0.15, 0.2) is 72.8 Å². The first-order chi connectivity index (χ1) is 13.7. The predicted octanol–water partition coefficient (Wildman–Crippen LogP) is 5.18. The molecular weight excluding hydrogens is 401 g/mol. The van der Waals surface area contributed by atoms with Crippen molar-refractivity contribution < 1.29 is 13.3 Å². The number of hydrogen-bond acceptors (Lipinski definition) is 3. The molecule has 4 nitrogen and oxygen atoms in total. The Morgan fingerprint density at radius 1 is 0.966 bits per heavy atom. The van der Waals surface area contributed by atoms with Gasteiger partial charge in [-0.15, -0.1) is 0 Å². The Morgan fingerprint density at radius 3 is 2.21 bits per heavy atom. The number of rotatable bonds is 7. The van der Waals surface area contributed by atoms with Crippen LogP contribution in [0, 0.1) is 0 Å². The summed E-state index contributed by atoms with van der Waals surface area (Å²) in [5.41, 5.74) is 0.939. The summed E-state index contributed by atoms with van der Waals surface area (Å²) in [5.74, 6) is 0. The molecule has 0 aliphatic rings. The summed E-state index contributed by atoms with van der Waals surface area (Å²) in [5, 5.41) is 2.88. The topological polar surface area (TPSA) is 55.4 Å². The van der Waals surface area contributed by atoms with E-state index in [1.54, 1.807) is 0 Å². The third kappa shape index (κ3) is 5.23. The van der Waals surface area contributed by atoms with Crippen LogP contribution in [0.3, 0.4) is 0 Å². The average molecular weight is 430 g/mol. The molecule has 1 N–H and O–H groups in total. The molecule has 3 rings (SSSR count). The Morgan fingerprint density at radius 2 is 1.59 bits per heavy atom. The van der Waals surface area contributed by atoms with Crippen LogP contribution in [-0.2, 0) is 20.1 Å². The third-order valence-electron chi connectivity index (χ3n) is 4.85. The molecular formula is C23H28NO3PS. The summed E-state index contributed by atoms with van der Waals surface area (Å²) < 4.78 is 34.9. The van der Waals surface area contributed by atoms with Gasteiger partial charge in [0.05, 0.1) is 21.8 Å².